The lowest BCUT2D eigenvalue weighted by atomic mass is 10.2. The molecule has 0 aliphatic rings. The molecule has 0 fully saturated rings. The highest BCUT2D eigenvalue weighted by Gasteiger charge is 2.13. The Balaban J connectivity index is 1.96. The summed E-state index contributed by atoms with van der Waals surface area (Å²) in [5, 5.41) is 2.54. The number of nitrogens with two attached hydrogens (primary N) is 1. The number of hydrogen-bond donors (Lipinski definition) is 2. The Morgan fingerprint density at radius 3 is 2.62 bits per heavy atom. The van der Waals surface area contributed by atoms with Gasteiger partial charge in [-0.3, -0.25) is 9.59 Å². The van der Waals surface area contributed by atoms with Crippen molar-refractivity contribution >= 4 is 11.8 Å². The lowest BCUT2D eigenvalue weighted by Crippen LogP contribution is -2.29. The Bertz CT molecular complexity index is 749. The Morgan fingerprint density at radius 2 is 1.96 bits per heavy atom. The quantitative estimate of drug-likeness (QED) is 0.806. The van der Waals surface area contributed by atoms with E-state index in [9.17, 15) is 14.0 Å². The molecule has 0 saturated heterocycles. The number of hydrogen-bond acceptors (Lipinski definition) is 4. The molecule has 0 spiro atoms. The van der Waals surface area contributed by atoms with Gasteiger partial charge in [0.1, 0.15) is 17.3 Å². The standard InChI is InChI=1S/C17H17FN2O4/c1-23-12-6-7-13(17(19)22)15(8-12)24-10-16(21)20-9-11-4-2-3-5-14(11)18/h2-8H,9-10H2,1H3,(H2,19,22)(H,20,21). The molecule has 0 heterocycles. The van der Waals surface area contributed by atoms with Gasteiger partial charge < -0.3 is 20.5 Å². The van der Waals surface area contributed by atoms with Gasteiger partial charge in [-0.25, -0.2) is 4.39 Å². The molecule has 0 aliphatic heterocycles. The summed E-state index contributed by atoms with van der Waals surface area (Å²) >= 11 is 0. The second-order valence-corrected chi connectivity index (χ2v) is 4.88. The highest BCUT2D eigenvalue weighted by molar-refractivity contribution is 5.96. The first kappa shape index (κ1) is 17.3. The maximum atomic E-state index is 13.5. The normalized spacial score (nSPS) is 10.1. The van der Waals surface area contributed by atoms with Crippen molar-refractivity contribution in [1.29, 1.82) is 0 Å². The van der Waals surface area contributed by atoms with Gasteiger partial charge in [-0.1, -0.05) is 18.2 Å². The van der Waals surface area contributed by atoms with Gasteiger partial charge in [0.2, 0.25) is 0 Å². The minimum absolute atomic E-state index is 0.0374. The molecular formula is C17H17FN2O4. The third-order valence-electron chi connectivity index (χ3n) is 3.25. The van der Waals surface area contributed by atoms with Gasteiger partial charge in [-0.15, -0.1) is 0 Å². The number of primary amides is 1. The monoisotopic (exact) mass is 332 g/mol. The number of halogens is 1. The largest absolute Gasteiger partial charge is 0.497 e. The second kappa shape index (κ2) is 7.96. The van der Waals surface area contributed by atoms with Gasteiger partial charge >= 0.3 is 0 Å². The van der Waals surface area contributed by atoms with E-state index >= 15 is 0 Å². The Morgan fingerprint density at radius 1 is 1.21 bits per heavy atom. The second-order valence-electron chi connectivity index (χ2n) is 4.88. The molecule has 2 rings (SSSR count). The van der Waals surface area contributed by atoms with Crippen LogP contribution in [0, 0.1) is 5.82 Å². The van der Waals surface area contributed by atoms with Crippen molar-refractivity contribution in [3.05, 3.63) is 59.4 Å². The maximum absolute atomic E-state index is 13.5. The van der Waals surface area contributed by atoms with Crippen LogP contribution >= 0.6 is 0 Å². The molecular weight excluding hydrogens is 315 g/mol. The van der Waals surface area contributed by atoms with Crippen LogP contribution in [0.1, 0.15) is 15.9 Å². The smallest absolute Gasteiger partial charge is 0.258 e. The van der Waals surface area contributed by atoms with Crippen molar-refractivity contribution in [2.45, 2.75) is 6.54 Å². The molecule has 0 radical (unpaired) electrons. The molecule has 0 aromatic heterocycles. The van der Waals surface area contributed by atoms with E-state index in [0.717, 1.165) is 0 Å². The number of rotatable bonds is 7. The van der Waals surface area contributed by atoms with Crippen LogP contribution in [0.3, 0.4) is 0 Å². The number of benzene rings is 2. The molecule has 0 saturated carbocycles. The fourth-order valence-electron chi connectivity index (χ4n) is 1.98. The molecule has 3 N–H and O–H groups in total. The van der Waals surface area contributed by atoms with Crippen molar-refractivity contribution in [2.24, 2.45) is 5.73 Å². The molecule has 0 atom stereocenters. The third kappa shape index (κ3) is 4.45. The Kier molecular flexibility index (Phi) is 5.73. The zero-order valence-corrected chi connectivity index (χ0v) is 13.0. The van der Waals surface area contributed by atoms with E-state index in [1.807, 2.05) is 0 Å². The van der Waals surface area contributed by atoms with Crippen LogP contribution in [0.15, 0.2) is 42.5 Å². The molecule has 7 heteroatoms. The minimum Gasteiger partial charge on any atom is -0.497 e. The molecule has 2 amide bonds. The molecule has 2 aromatic carbocycles. The summed E-state index contributed by atoms with van der Waals surface area (Å²) in [6, 6.07) is 10.6. The number of ether oxygens (including phenoxy) is 2. The lowest BCUT2D eigenvalue weighted by Gasteiger charge is -2.11. The first-order chi connectivity index (χ1) is 11.5. The van der Waals surface area contributed by atoms with Crippen LogP contribution in [0.4, 0.5) is 4.39 Å². The first-order valence-electron chi connectivity index (χ1n) is 7.12. The molecule has 0 aliphatic carbocycles. The summed E-state index contributed by atoms with van der Waals surface area (Å²) in [7, 11) is 1.46. The van der Waals surface area contributed by atoms with E-state index in [2.05, 4.69) is 5.32 Å². The number of nitrogens with one attached hydrogen (secondary N) is 1. The van der Waals surface area contributed by atoms with Crippen molar-refractivity contribution in [2.75, 3.05) is 13.7 Å². The van der Waals surface area contributed by atoms with Gasteiger partial charge in [0.25, 0.3) is 11.8 Å². The van der Waals surface area contributed by atoms with Gasteiger partial charge in [-0.05, 0) is 18.2 Å². The molecule has 2 aromatic rings. The number of amides is 2. The summed E-state index contributed by atoms with van der Waals surface area (Å²) in [5.41, 5.74) is 5.76. The molecule has 0 unspecified atom stereocenters. The number of carbonyl (C=O) groups excluding carboxylic acids is 2. The number of methoxy groups -OCH3 is 1. The molecule has 24 heavy (non-hydrogen) atoms. The Labute approximate surface area is 138 Å². The van der Waals surface area contributed by atoms with E-state index in [0.29, 0.717) is 11.3 Å². The van der Waals surface area contributed by atoms with E-state index < -0.39 is 17.6 Å². The van der Waals surface area contributed by atoms with Crippen molar-refractivity contribution in [3.8, 4) is 11.5 Å². The summed E-state index contributed by atoms with van der Waals surface area (Å²) in [6.45, 7) is -0.308. The zero-order valence-electron chi connectivity index (χ0n) is 13.0. The van der Waals surface area contributed by atoms with Gasteiger partial charge in [0.05, 0.1) is 12.7 Å². The molecule has 6 nitrogen and oxygen atoms in total. The van der Waals surface area contributed by atoms with Gasteiger partial charge in [0.15, 0.2) is 6.61 Å². The van der Waals surface area contributed by atoms with Crippen LogP contribution in [0.5, 0.6) is 11.5 Å². The fourth-order valence-corrected chi connectivity index (χ4v) is 1.98. The van der Waals surface area contributed by atoms with Gasteiger partial charge in [-0.2, -0.15) is 0 Å². The van der Waals surface area contributed by atoms with Crippen molar-refractivity contribution < 1.29 is 23.5 Å². The maximum Gasteiger partial charge on any atom is 0.258 e. The topological polar surface area (TPSA) is 90.7 Å². The fraction of sp³-hybridized carbons (Fsp3) is 0.176. The average molecular weight is 332 g/mol. The summed E-state index contributed by atoms with van der Waals surface area (Å²) in [4.78, 5) is 23.2. The van der Waals surface area contributed by atoms with Crippen LogP contribution in [0.2, 0.25) is 0 Å². The third-order valence-corrected chi connectivity index (χ3v) is 3.25. The number of carbonyl (C=O) groups is 2. The van der Waals surface area contributed by atoms with E-state index in [1.54, 1.807) is 24.3 Å². The molecule has 126 valence electrons. The van der Waals surface area contributed by atoms with Crippen LogP contribution < -0.4 is 20.5 Å². The highest BCUT2D eigenvalue weighted by atomic mass is 19.1. The predicted molar refractivity (Wildman–Crippen MR) is 85.3 cm³/mol. The van der Waals surface area contributed by atoms with E-state index in [-0.39, 0.29) is 24.5 Å². The van der Waals surface area contributed by atoms with Crippen molar-refractivity contribution in [1.82, 2.24) is 5.32 Å². The Hall–Kier alpha value is -3.09. The van der Waals surface area contributed by atoms with Crippen molar-refractivity contribution in [3.63, 3.8) is 0 Å². The average Bonchev–Trinajstić information content (AvgIpc) is 2.58. The summed E-state index contributed by atoms with van der Waals surface area (Å²) < 4.78 is 23.8. The lowest BCUT2D eigenvalue weighted by molar-refractivity contribution is -0.123. The minimum atomic E-state index is -0.681. The van der Waals surface area contributed by atoms with E-state index in [4.69, 9.17) is 15.2 Å². The van der Waals surface area contributed by atoms with Crippen LogP contribution in [-0.2, 0) is 11.3 Å². The SMILES string of the molecule is COc1ccc(C(N)=O)c(OCC(=O)NCc2ccccc2F)c1. The van der Waals surface area contributed by atoms with Gasteiger partial charge in [0, 0.05) is 18.2 Å². The summed E-state index contributed by atoms with van der Waals surface area (Å²) in [6.07, 6.45) is 0. The van der Waals surface area contributed by atoms with E-state index in [1.165, 1.54) is 25.3 Å². The zero-order chi connectivity index (χ0) is 17.5. The highest BCUT2D eigenvalue weighted by Crippen LogP contribution is 2.24. The van der Waals surface area contributed by atoms with Crippen LogP contribution in [-0.4, -0.2) is 25.5 Å². The first-order valence-corrected chi connectivity index (χ1v) is 7.12. The molecule has 0 bridgehead atoms. The predicted octanol–water partition coefficient (Wildman–Crippen LogP) is 1.63. The van der Waals surface area contributed by atoms with Crippen LogP contribution in [0.25, 0.3) is 0 Å². The summed E-state index contributed by atoms with van der Waals surface area (Å²) in [5.74, 6) is -0.942.